The van der Waals surface area contributed by atoms with Crippen LogP contribution >= 0.6 is 11.3 Å². The topological polar surface area (TPSA) is 48.4 Å². The molecule has 2 aliphatic heterocycles. The molecule has 0 unspecified atom stereocenters. The van der Waals surface area contributed by atoms with Crippen LogP contribution in [-0.4, -0.2) is 44.4 Å². The van der Waals surface area contributed by atoms with Crippen molar-refractivity contribution in [2.75, 3.05) is 33.3 Å². The van der Waals surface area contributed by atoms with Crippen molar-refractivity contribution in [2.45, 2.75) is 38.2 Å². The predicted molar refractivity (Wildman–Crippen MR) is 96.6 cm³/mol. The Hall–Kier alpha value is -1.17. The van der Waals surface area contributed by atoms with Crippen LogP contribution in [0.4, 0.5) is 0 Å². The van der Waals surface area contributed by atoms with Crippen LogP contribution in [0.3, 0.4) is 0 Å². The summed E-state index contributed by atoms with van der Waals surface area (Å²) in [6, 6.07) is 2.40. The molecule has 126 valence electrons. The van der Waals surface area contributed by atoms with Crippen LogP contribution in [0.5, 0.6) is 0 Å². The van der Waals surface area contributed by atoms with E-state index in [-0.39, 0.29) is 5.60 Å². The van der Waals surface area contributed by atoms with Gasteiger partial charge in [-0.05, 0) is 36.5 Å². The predicted octanol–water partition coefficient (Wildman–Crippen LogP) is 2.93. The van der Waals surface area contributed by atoms with Crippen LogP contribution < -0.4 is 5.32 Å². The second-order valence-corrected chi connectivity index (χ2v) is 7.65. The fourth-order valence-corrected chi connectivity index (χ4v) is 4.89. The summed E-state index contributed by atoms with van der Waals surface area (Å²) in [6.45, 7) is 6.01. The fraction of sp³-hybridized carbons (Fsp3) is 0.611. The molecule has 2 aliphatic rings. The second-order valence-electron chi connectivity index (χ2n) is 6.42. The van der Waals surface area contributed by atoms with Crippen LogP contribution in [0, 0.1) is 5.41 Å². The molecule has 1 spiro atoms. The molecule has 0 atom stereocenters. The van der Waals surface area contributed by atoms with Crippen molar-refractivity contribution in [2.24, 2.45) is 0 Å². The Labute approximate surface area is 143 Å². The first kappa shape index (κ1) is 16.7. The molecule has 4 nitrogen and oxygen atoms in total. The van der Waals surface area contributed by atoms with Gasteiger partial charge in [0.2, 0.25) is 0 Å². The minimum absolute atomic E-state index is 0.0500. The normalized spacial score (nSPS) is 21.2. The molecule has 0 amide bonds. The summed E-state index contributed by atoms with van der Waals surface area (Å²) in [5, 5.41) is 10.5. The van der Waals surface area contributed by atoms with E-state index in [1.807, 2.05) is 24.6 Å². The van der Waals surface area contributed by atoms with E-state index in [4.69, 9.17) is 10.1 Å². The first-order chi connectivity index (χ1) is 11.2. The maximum atomic E-state index is 7.51. The summed E-state index contributed by atoms with van der Waals surface area (Å²) in [5.74, 6) is 0. The maximum absolute atomic E-state index is 7.51. The largest absolute Gasteiger partial charge is 0.394 e. The third-order valence-electron chi connectivity index (χ3n) is 4.99. The summed E-state index contributed by atoms with van der Waals surface area (Å²) in [7, 11) is 1.88. The molecular weight excluding hydrogens is 306 g/mol. The molecule has 0 bridgehead atoms. The zero-order valence-electron chi connectivity index (χ0n) is 14.2. The van der Waals surface area contributed by atoms with E-state index in [1.54, 1.807) is 4.88 Å². The van der Waals surface area contributed by atoms with Crippen LogP contribution in [0.25, 0.3) is 0 Å². The average Bonchev–Trinajstić information content (AvgIpc) is 3.01. The molecule has 0 aliphatic carbocycles. The van der Waals surface area contributed by atoms with Gasteiger partial charge in [-0.3, -0.25) is 4.90 Å². The molecule has 0 aromatic carbocycles. The molecule has 1 saturated heterocycles. The fourth-order valence-electron chi connectivity index (χ4n) is 3.71. The monoisotopic (exact) mass is 333 g/mol. The number of thiophene rings is 1. The minimum Gasteiger partial charge on any atom is -0.394 e. The third-order valence-corrected chi connectivity index (χ3v) is 6.33. The molecule has 2 N–H and O–H groups in total. The number of fused-ring (bicyclic) bond motifs is 2. The van der Waals surface area contributed by atoms with E-state index in [0.29, 0.717) is 0 Å². The Balaban J connectivity index is 1.70. The molecule has 1 aromatic heterocycles. The van der Waals surface area contributed by atoms with Gasteiger partial charge in [0.05, 0.1) is 12.2 Å². The van der Waals surface area contributed by atoms with E-state index in [1.165, 1.54) is 16.7 Å². The smallest absolute Gasteiger partial charge is 0.0966 e. The Bertz CT molecular complexity index is 585. The van der Waals surface area contributed by atoms with Crippen molar-refractivity contribution in [1.29, 1.82) is 5.41 Å². The van der Waals surface area contributed by atoms with Crippen molar-refractivity contribution < 1.29 is 4.74 Å². The van der Waals surface area contributed by atoms with E-state index >= 15 is 0 Å². The number of ether oxygens (including phenoxy) is 1. The van der Waals surface area contributed by atoms with Gasteiger partial charge in [-0.15, -0.1) is 11.3 Å². The lowest BCUT2D eigenvalue weighted by Crippen LogP contribution is -2.46. The van der Waals surface area contributed by atoms with Crippen molar-refractivity contribution in [3.8, 4) is 0 Å². The SMILES string of the molecule is CCc1cc2c(s1)CCOC21CCN(C/C(C=N)=C/NC)CC1. The minimum atomic E-state index is -0.0500. The quantitative estimate of drug-likeness (QED) is 0.815. The van der Waals surface area contributed by atoms with E-state index in [9.17, 15) is 0 Å². The van der Waals surface area contributed by atoms with Crippen molar-refractivity contribution in [3.63, 3.8) is 0 Å². The molecule has 1 aromatic rings. The number of piperidine rings is 1. The summed E-state index contributed by atoms with van der Waals surface area (Å²) in [6.07, 6.45) is 7.68. The van der Waals surface area contributed by atoms with Crippen LogP contribution in [0.1, 0.15) is 35.1 Å². The first-order valence-electron chi connectivity index (χ1n) is 8.56. The number of aryl methyl sites for hydroxylation is 1. The van der Waals surface area contributed by atoms with Crippen LogP contribution in [-0.2, 0) is 23.2 Å². The lowest BCUT2D eigenvalue weighted by atomic mass is 9.82. The van der Waals surface area contributed by atoms with E-state index in [0.717, 1.165) is 57.5 Å². The van der Waals surface area contributed by atoms with Gasteiger partial charge in [0.25, 0.3) is 0 Å². The molecule has 1 fully saturated rings. The molecule has 5 heteroatoms. The molecular formula is C18H27N3OS. The highest BCUT2D eigenvalue weighted by Gasteiger charge is 2.41. The van der Waals surface area contributed by atoms with Gasteiger partial charge < -0.3 is 15.5 Å². The molecule has 3 heterocycles. The van der Waals surface area contributed by atoms with Crippen molar-refractivity contribution in [3.05, 3.63) is 33.2 Å². The van der Waals surface area contributed by atoms with Gasteiger partial charge in [0, 0.05) is 55.3 Å². The first-order valence-corrected chi connectivity index (χ1v) is 9.37. The number of rotatable bonds is 5. The zero-order chi connectivity index (χ0) is 16.3. The number of nitrogens with zero attached hydrogens (tertiary/aromatic N) is 1. The summed E-state index contributed by atoms with van der Waals surface area (Å²) < 4.78 is 6.33. The lowest BCUT2D eigenvalue weighted by molar-refractivity contribution is -0.0959. The number of hydrogen-bond donors (Lipinski definition) is 2. The second kappa shape index (κ2) is 7.16. The van der Waals surface area contributed by atoms with Gasteiger partial charge in [-0.25, -0.2) is 0 Å². The number of likely N-dealkylation sites (tertiary alicyclic amines) is 1. The molecule has 0 radical (unpaired) electrons. The summed E-state index contributed by atoms with van der Waals surface area (Å²) >= 11 is 1.98. The van der Waals surface area contributed by atoms with E-state index < -0.39 is 0 Å². The average molecular weight is 334 g/mol. The summed E-state index contributed by atoms with van der Waals surface area (Å²) in [5.41, 5.74) is 2.45. The highest BCUT2D eigenvalue weighted by molar-refractivity contribution is 7.12. The Kier molecular flexibility index (Phi) is 5.19. The van der Waals surface area contributed by atoms with Gasteiger partial charge in [-0.2, -0.15) is 0 Å². The van der Waals surface area contributed by atoms with Gasteiger partial charge in [0.1, 0.15) is 0 Å². The standard InChI is InChI=1S/C18H27N3OS/c1-3-15-10-16-17(23-15)4-9-22-18(16)5-7-21(8-6-18)13-14(11-19)12-20-2/h10-12,19-20H,3-9,13H2,1-2H3/b14-12+,19-11?. The molecule has 3 rings (SSSR count). The third kappa shape index (κ3) is 3.37. The highest BCUT2D eigenvalue weighted by atomic mass is 32.1. The summed E-state index contributed by atoms with van der Waals surface area (Å²) in [4.78, 5) is 5.48. The van der Waals surface area contributed by atoms with Crippen LogP contribution in [0.15, 0.2) is 17.8 Å². The van der Waals surface area contributed by atoms with Gasteiger partial charge >= 0.3 is 0 Å². The van der Waals surface area contributed by atoms with E-state index in [2.05, 4.69) is 23.2 Å². The van der Waals surface area contributed by atoms with Crippen molar-refractivity contribution >= 4 is 17.6 Å². The van der Waals surface area contributed by atoms with Crippen LogP contribution in [0.2, 0.25) is 0 Å². The maximum Gasteiger partial charge on any atom is 0.0966 e. The zero-order valence-corrected chi connectivity index (χ0v) is 15.0. The Morgan fingerprint density at radius 2 is 2.26 bits per heavy atom. The number of nitrogens with one attached hydrogen (secondary N) is 2. The van der Waals surface area contributed by atoms with Gasteiger partial charge in [0.15, 0.2) is 0 Å². The number of hydrogen-bond acceptors (Lipinski definition) is 5. The Morgan fingerprint density at radius 3 is 2.91 bits per heavy atom. The molecule has 0 saturated carbocycles. The molecule has 23 heavy (non-hydrogen) atoms. The lowest BCUT2D eigenvalue weighted by Gasteiger charge is -2.44. The van der Waals surface area contributed by atoms with Crippen molar-refractivity contribution in [1.82, 2.24) is 10.2 Å². The highest BCUT2D eigenvalue weighted by Crippen LogP contribution is 2.44. The van der Waals surface area contributed by atoms with Gasteiger partial charge in [-0.1, -0.05) is 6.92 Å². The Morgan fingerprint density at radius 1 is 1.48 bits per heavy atom.